The molecule has 3 rings (SSSR count). The van der Waals surface area contributed by atoms with Crippen molar-refractivity contribution < 1.29 is 9.53 Å². The minimum absolute atomic E-state index is 0.0730. The average Bonchev–Trinajstić information content (AvgIpc) is 2.55. The third kappa shape index (κ3) is 3.23. The van der Waals surface area contributed by atoms with Gasteiger partial charge in [0.2, 0.25) is 6.41 Å². The zero-order valence-electron chi connectivity index (χ0n) is 15.3. The highest BCUT2D eigenvalue weighted by Gasteiger charge is 2.47. The van der Waals surface area contributed by atoms with Gasteiger partial charge in [-0.1, -0.05) is 29.9 Å². The molecule has 24 heavy (non-hydrogen) atoms. The highest BCUT2D eigenvalue weighted by Crippen LogP contribution is 2.50. The fraction of sp³-hybridized carbons (Fsp3) is 0.667. The van der Waals surface area contributed by atoms with E-state index in [4.69, 9.17) is 4.74 Å². The van der Waals surface area contributed by atoms with Gasteiger partial charge in [-0.25, -0.2) is 0 Å². The monoisotopic (exact) mass is 329 g/mol. The summed E-state index contributed by atoms with van der Waals surface area (Å²) in [5.41, 5.74) is 3.99. The summed E-state index contributed by atoms with van der Waals surface area (Å²) in [4.78, 5) is 11.1. The van der Waals surface area contributed by atoms with Crippen LogP contribution < -0.4 is 5.32 Å². The summed E-state index contributed by atoms with van der Waals surface area (Å²) >= 11 is 0. The molecule has 0 saturated heterocycles. The van der Waals surface area contributed by atoms with Gasteiger partial charge in [-0.3, -0.25) is 4.79 Å². The maximum Gasteiger partial charge on any atom is 0.207 e. The third-order valence-electron chi connectivity index (χ3n) is 6.51. The van der Waals surface area contributed by atoms with Crippen molar-refractivity contribution in [1.82, 2.24) is 5.32 Å². The van der Waals surface area contributed by atoms with Crippen LogP contribution in [0.25, 0.3) is 0 Å². The molecule has 1 heterocycles. The van der Waals surface area contributed by atoms with Gasteiger partial charge < -0.3 is 10.1 Å². The molecule has 3 aliphatic rings. The Balaban J connectivity index is 1.84. The molecule has 0 radical (unpaired) electrons. The van der Waals surface area contributed by atoms with Crippen molar-refractivity contribution in [3.8, 4) is 0 Å². The molecule has 0 spiro atoms. The van der Waals surface area contributed by atoms with E-state index in [2.05, 4.69) is 37.9 Å². The quantitative estimate of drug-likeness (QED) is 0.621. The van der Waals surface area contributed by atoms with Crippen LogP contribution in [0.4, 0.5) is 0 Å². The van der Waals surface area contributed by atoms with Gasteiger partial charge >= 0.3 is 0 Å². The van der Waals surface area contributed by atoms with Crippen LogP contribution in [0.15, 0.2) is 35.5 Å². The van der Waals surface area contributed by atoms with E-state index in [9.17, 15) is 4.79 Å². The van der Waals surface area contributed by atoms with Gasteiger partial charge in [0.25, 0.3) is 0 Å². The Labute approximate surface area is 146 Å². The highest BCUT2D eigenvalue weighted by atomic mass is 16.5. The van der Waals surface area contributed by atoms with Gasteiger partial charge in [0.1, 0.15) is 0 Å². The lowest BCUT2D eigenvalue weighted by Gasteiger charge is -2.51. The molecule has 1 N–H and O–H groups in total. The lowest BCUT2D eigenvalue weighted by Crippen LogP contribution is -2.56. The van der Waals surface area contributed by atoms with Crippen molar-refractivity contribution in [3.05, 3.63) is 35.5 Å². The van der Waals surface area contributed by atoms with Crippen LogP contribution in [0.3, 0.4) is 0 Å². The second-order valence-electron chi connectivity index (χ2n) is 8.22. The van der Waals surface area contributed by atoms with E-state index in [1.165, 1.54) is 17.6 Å². The Morgan fingerprint density at radius 1 is 1.46 bits per heavy atom. The van der Waals surface area contributed by atoms with Crippen LogP contribution >= 0.6 is 0 Å². The van der Waals surface area contributed by atoms with E-state index in [-0.39, 0.29) is 11.6 Å². The maximum absolute atomic E-state index is 11.1. The van der Waals surface area contributed by atoms with Gasteiger partial charge in [0.05, 0.1) is 12.7 Å². The average molecular weight is 329 g/mol. The molecule has 3 heteroatoms. The number of carbonyl (C=O) groups excluding carboxylic acids is 1. The molecule has 1 saturated carbocycles. The van der Waals surface area contributed by atoms with Crippen molar-refractivity contribution in [3.63, 3.8) is 0 Å². The van der Waals surface area contributed by atoms with E-state index >= 15 is 0 Å². The number of carbonyl (C=O) groups is 1. The van der Waals surface area contributed by atoms with E-state index in [1.807, 2.05) is 6.92 Å². The Bertz CT molecular complexity index is 576. The molecule has 0 aromatic rings. The number of amides is 1. The number of ether oxygens (including phenoxy) is 1. The van der Waals surface area contributed by atoms with Gasteiger partial charge in [0.15, 0.2) is 0 Å². The fourth-order valence-corrected chi connectivity index (χ4v) is 5.01. The van der Waals surface area contributed by atoms with Gasteiger partial charge in [0, 0.05) is 5.54 Å². The molecule has 132 valence electrons. The van der Waals surface area contributed by atoms with Gasteiger partial charge in [-0.05, 0) is 76.2 Å². The molecule has 1 amide bonds. The van der Waals surface area contributed by atoms with Crippen molar-refractivity contribution in [2.75, 3.05) is 6.61 Å². The third-order valence-corrected chi connectivity index (χ3v) is 6.51. The first-order valence-corrected chi connectivity index (χ1v) is 9.29. The standard InChI is InChI=1S/C21H31NO2/c1-14(2)20-8-6-16(12-24-20)17-9-10-21(4,22-13-23)19-7-5-15(3)11-18(17)19/h6,11,13,17-20H,1,5,7-10,12H2,2-4H3,(H,22,23)/t17-,18-,19+,20+,21+/m1/s1. The van der Waals surface area contributed by atoms with E-state index in [1.54, 1.807) is 0 Å². The smallest absolute Gasteiger partial charge is 0.207 e. The Morgan fingerprint density at radius 3 is 2.88 bits per heavy atom. The predicted molar refractivity (Wildman–Crippen MR) is 97.6 cm³/mol. The molecule has 2 aliphatic carbocycles. The van der Waals surface area contributed by atoms with Crippen molar-refractivity contribution in [2.24, 2.45) is 17.8 Å². The molecular weight excluding hydrogens is 298 g/mol. The summed E-state index contributed by atoms with van der Waals surface area (Å²) in [6.07, 6.45) is 11.4. The van der Waals surface area contributed by atoms with E-state index in [0.717, 1.165) is 44.3 Å². The van der Waals surface area contributed by atoms with Crippen molar-refractivity contribution in [1.29, 1.82) is 0 Å². The van der Waals surface area contributed by atoms with E-state index in [0.29, 0.717) is 17.8 Å². The van der Waals surface area contributed by atoms with E-state index < -0.39 is 0 Å². The summed E-state index contributed by atoms with van der Waals surface area (Å²) < 4.78 is 6.05. The summed E-state index contributed by atoms with van der Waals surface area (Å²) in [5, 5.41) is 3.15. The first-order valence-electron chi connectivity index (χ1n) is 9.29. The van der Waals surface area contributed by atoms with Crippen LogP contribution in [0, 0.1) is 17.8 Å². The molecule has 5 atom stereocenters. The number of fused-ring (bicyclic) bond motifs is 1. The van der Waals surface area contributed by atoms with Crippen molar-refractivity contribution in [2.45, 2.75) is 64.5 Å². The number of allylic oxidation sites excluding steroid dienone is 2. The summed E-state index contributed by atoms with van der Waals surface area (Å²) in [6, 6.07) is 0. The van der Waals surface area contributed by atoms with Crippen LogP contribution in [0.2, 0.25) is 0 Å². The minimum Gasteiger partial charge on any atom is -0.369 e. The lowest BCUT2D eigenvalue weighted by molar-refractivity contribution is -0.112. The topological polar surface area (TPSA) is 38.3 Å². The molecule has 0 bridgehead atoms. The zero-order valence-corrected chi connectivity index (χ0v) is 15.3. The minimum atomic E-state index is -0.0730. The molecule has 3 nitrogen and oxygen atoms in total. The van der Waals surface area contributed by atoms with Crippen molar-refractivity contribution >= 4 is 6.41 Å². The maximum atomic E-state index is 11.1. The normalized spacial score (nSPS) is 39.3. The van der Waals surface area contributed by atoms with Crippen LogP contribution in [-0.4, -0.2) is 24.7 Å². The molecule has 0 aromatic carbocycles. The number of nitrogens with one attached hydrogen (secondary N) is 1. The second kappa shape index (κ2) is 6.87. The highest BCUT2D eigenvalue weighted by molar-refractivity contribution is 5.48. The number of hydrogen-bond donors (Lipinski definition) is 1. The summed E-state index contributed by atoms with van der Waals surface area (Å²) in [7, 11) is 0. The van der Waals surface area contributed by atoms with Gasteiger partial charge in [-0.2, -0.15) is 0 Å². The zero-order chi connectivity index (χ0) is 17.3. The second-order valence-corrected chi connectivity index (χ2v) is 8.22. The Morgan fingerprint density at radius 2 is 2.25 bits per heavy atom. The molecule has 1 aliphatic heterocycles. The molecule has 1 fully saturated rings. The van der Waals surface area contributed by atoms with Crippen LogP contribution in [0.5, 0.6) is 0 Å². The van der Waals surface area contributed by atoms with Crippen LogP contribution in [0.1, 0.15) is 52.9 Å². The number of rotatable bonds is 4. The lowest BCUT2D eigenvalue weighted by atomic mass is 9.58. The summed E-state index contributed by atoms with van der Waals surface area (Å²) in [5.74, 6) is 1.59. The molecular formula is C21H31NO2. The predicted octanol–water partition coefficient (Wildman–Crippen LogP) is 4.17. The molecule has 0 unspecified atom stereocenters. The summed E-state index contributed by atoms with van der Waals surface area (Å²) in [6.45, 7) is 11.3. The first-order chi connectivity index (χ1) is 11.4. The Hall–Kier alpha value is -1.35. The number of hydrogen-bond acceptors (Lipinski definition) is 2. The molecule has 0 aromatic heterocycles. The largest absolute Gasteiger partial charge is 0.369 e. The fourth-order valence-electron chi connectivity index (χ4n) is 5.01. The Kier molecular flexibility index (Phi) is 5.00. The van der Waals surface area contributed by atoms with Crippen LogP contribution in [-0.2, 0) is 9.53 Å². The van der Waals surface area contributed by atoms with Gasteiger partial charge in [-0.15, -0.1) is 0 Å². The SMILES string of the molecule is C=C(C)[C@@H]1CC=C([C@H]2CC[C@](C)(NC=O)[C@H]3CCC(C)=C[C@H]23)CO1. The first kappa shape index (κ1) is 17.5.